The number of rotatable bonds is 6. The van der Waals surface area contributed by atoms with Crippen molar-refractivity contribution in [3.8, 4) is 5.75 Å². The molecule has 1 aliphatic rings. The normalized spacial score (nSPS) is 15.6. The van der Waals surface area contributed by atoms with Gasteiger partial charge in [0.15, 0.2) is 0 Å². The minimum absolute atomic E-state index is 0.0453. The van der Waals surface area contributed by atoms with Gasteiger partial charge < -0.3 is 9.64 Å². The molecule has 2 aromatic rings. The highest BCUT2D eigenvalue weighted by molar-refractivity contribution is 7.89. The zero-order valence-electron chi connectivity index (χ0n) is 16.1. The molecule has 0 radical (unpaired) electrons. The quantitative estimate of drug-likeness (QED) is 0.761. The molecule has 0 unspecified atom stereocenters. The first kappa shape index (κ1) is 20.7. The molecule has 2 heterocycles. The highest BCUT2D eigenvalue weighted by atomic mass is 32.2. The van der Waals surface area contributed by atoms with Gasteiger partial charge in [-0.25, -0.2) is 13.1 Å². The molecule has 1 aromatic carbocycles. The Kier molecular flexibility index (Phi) is 6.31. The van der Waals surface area contributed by atoms with Crippen LogP contribution in [0.15, 0.2) is 23.1 Å². The number of hydrogen-bond acceptors (Lipinski definition) is 7. The Morgan fingerprint density at radius 1 is 1.32 bits per heavy atom. The van der Waals surface area contributed by atoms with Crippen LogP contribution in [0.3, 0.4) is 0 Å². The first-order chi connectivity index (χ1) is 13.3. The number of benzene rings is 1. The van der Waals surface area contributed by atoms with Crippen molar-refractivity contribution in [2.24, 2.45) is 5.92 Å². The Morgan fingerprint density at radius 3 is 2.64 bits per heavy atom. The van der Waals surface area contributed by atoms with Crippen LogP contribution >= 0.6 is 11.5 Å². The minimum Gasteiger partial charge on any atom is -0.495 e. The summed E-state index contributed by atoms with van der Waals surface area (Å²) in [4.78, 5) is 15.0. The molecule has 8 nitrogen and oxygen atoms in total. The molecule has 152 valence electrons. The molecule has 1 fully saturated rings. The maximum atomic E-state index is 12.7. The van der Waals surface area contributed by atoms with Crippen LogP contribution in [-0.4, -0.2) is 55.6 Å². The fourth-order valence-electron chi connectivity index (χ4n) is 3.21. The highest BCUT2D eigenvalue weighted by Gasteiger charge is 2.27. The van der Waals surface area contributed by atoms with Gasteiger partial charge in [-0.15, -0.1) is 5.10 Å². The number of aromatic nitrogens is 2. The number of aryl methyl sites for hydroxylation is 2. The molecule has 0 saturated carbocycles. The topological polar surface area (TPSA) is 101 Å². The van der Waals surface area contributed by atoms with E-state index in [0.717, 1.165) is 29.9 Å². The van der Waals surface area contributed by atoms with Gasteiger partial charge in [-0.1, -0.05) is 10.6 Å². The zero-order valence-corrected chi connectivity index (χ0v) is 17.8. The summed E-state index contributed by atoms with van der Waals surface area (Å²) in [5.74, 6) is 0.457. The summed E-state index contributed by atoms with van der Waals surface area (Å²) in [7, 11) is -2.21. The molecular formula is C18H24N4O4S2. The number of piperidine rings is 1. The molecule has 28 heavy (non-hydrogen) atoms. The van der Waals surface area contributed by atoms with Crippen LogP contribution in [0.4, 0.5) is 0 Å². The van der Waals surface area contributed by atoms with Gasteiger partial charge in [0.2, 0.25) is 10.0 Å². The zero-order chi connectivity index (χ0) is 20.3. The molecule has 1 saturated heterocycles. The van der Waals surface area contributed by atoms with E-state index in [1.54, 1.807) is 24.0 Å². The maximum Gasteiger partial charge on any atom is 0.267 e. The van der Waals surface area contributed by atoms with Crippen molar-refractivity contribution in [1.82, 2.24) is 19.2 Å². The molecule has 0 atom stereocenters. The molecule has 1 aliphatic heterocycles. The van der Waals surface area contributed by atoms with Gasteiger partial charge in [0.1, 0.15) is 15.5 Å². The molecule has 0 spiro atoms. The van der Waals surface area contributed by atoms with E-state index in [9.17, 15) is 13.2 Å². The van der Waals surface area contributed by atoms with Crippen LogP contribution < -0.4 is 9.46 Å². The third-order valence-corrected chi connectivity index (χ3v) is 7.18. The van der Waals surface area contributed by atoms with Crippen LogP contribution in [0.2, 0.25) is 0 Å². The third kappa shape index (κ3) is 4.50. The first-order valence-corrected chi connectivity index (χ1v) is 11.3. The van der Waals surface area contributed by atoms with Crippen LogP contribution in [0, 0.1) is 19.8 Å². The van der Waals surface area contributed by atoms with Gasteiger partial charge >= 0.3 is 0 Å². The van der Waals surface area contributed by atoms with E-state index in [0.29, 0.717) is 36.0 Å². The fraction of sp³-hybridized carbons (Fsp3) is 0.500. The lowest BCUT2D eigenvalue weighted by Crippen LogP contribution is -2.41. The summed E-state index contributed by atoms with van der Waals surface area (Å²) in [6.07, 6.45) is 1.48. The fourth-order valence-corrected chi connectivity index (χ4v) is 5.20. The van der Waals surface area contributed by atoms with Crippen LogP contribution in [0.1, 0.15) is 33.8 Å². The van der Waals surface area contributed by atoms with E-state index in [1.165, 1.54) is 7.11 Å². The summed E-state index contributed by atoms with van der Waals surface area (Å²) in [6.45, 7) is 5.14. The largest absolute Gasteiger partial charge is 0.495 e. The van der Waals surface area contributed by atoms with Crippen molar-refractivity contribution in [3.63, 3.8) is 0 Å². The van der Waals surface area contributed by atoms with E-state index >= 15 is 0 Å². The molecule has 3 rings (SSSR count). The Hall–Kier alpha value is -2.04. The number of nitrogens with zero attached hydrogens (tertiary/aromatic N) is 3. The lowest BCUT2D eigenvalue weighted by molar-refractivity contribution is 0.0696. The van der Waals surface area contributed by atoms with Crippen LogP contribution in [-0.2, 0) is 10.0 Å². The monoisotopic (exact) mass is 424 g/mol. The summed E-state index contributed by atoms with van der Waals surface area (Å²) >= 11 is 1.11. The number of sulfonamides is 1. The number of likely N-dealkylation sites (tertiary alicyclic amines) is 1. The summed E-state index contributed by atoms with van der Waals surface area (Å²) in [5, 5.41) is 3.89. The minimum atomic E-state index is -3.67. The van der Waals surface area contributed by atoms with E-state index in [1.807, 2.05) is 13.0 Å². The lowest BCUT2D eigenvalue weighted by atomic mass is 9.97. The molecule has 0 aliphatic carbocycles. The predicted molar refractivity (Wildman–Crippen MR) is 106 cm³/mol. The predicted octanol–water partition coefficient (Wildman–Crippen LogP) is 1.99. The standard InChI is InChI=1S/C18H24N4O4S2/c1-12-4-5-15(26-3)16(10-12)28(24,25)19-11-14-6-8-22(9-7-14)18(23)17-13(2)20-21-27-17/h4-5,10,14,19H,6-9,11H2,1-3H3. The van der Waals surface area contributed by atoms with Gasteiger partial charge in [0, 0.05) is 19.6 Å². The smallest absolute Gasteiger partial charge is 0.267 e. The molecular weight excluding hydrogens is 400 g/mol. The number of methoxy groups -OCH3 is 1. The number of hydrogen-bond donors (Lipinski definition) is 1. The Labute approximate surface area is 169 Å². The van der Waals surface area contributed by atoms with Crippen molar-refractivity contribution in [1.29, 1.82) is 0 Å². The SMILES string of the molecule is COc1ccc(C)cc1S(=O)(=O)NCC1CCN(C(=O)c2snnc2C)CC1. The van der Waals surface area contributed by atoms with E-state index in [-0.39, 0.29) is 16.7 Å². The number of nitrogens with one attached hydrogen (secondary N) is 1. The van der Waals surface area contributed by atoms with Crippen LogP contribution in [0.25, 0.3) is 0 Å². The first-order valence-electron chi connectivity index (χ1n) is 9.04. The number of amides is 1. The second kappa shape index (κ2) is 8.54. The molecule has 0 bridgehead atoms. The second-order valence-electron chi connectivity index (χ2n) is 6.93. The van der Waals surface area contributed by atoms with Gasteiger partial charge in [-0.3, -0.25) is 4.79 Å². The molecule has 1 N–H and O–H groups in total. The second-order valence-corrected chi connectivity index (χ2v) is 9.42. The summed E-state index contributed by atoms with van der Waals surface area (Å²) < 4.78 is 37.1. The summed E-state index contributed by atoms with van der Waals surface area (Å²) in [5.41, 5.74) is 1.50. The molecule has 10 heteroatoms. The van der Waals surface area contributed by atoms with E-state index in [2.05, 4.69) is 14.3 Å². The molecule has 1 aromatic heterocycles. The highest BCUT2D eigenvalue weighted by Crippen LogP contribution is 2.25. The number of carbonyl (C=O) groups excluding carboxylic acids is 1. The van der Waals surface area contributed by atoms with E-state index < -0.39 is 10.0 Å². The van der Waals surface area contributed by atoms with Crippen molar-refractivity contribution in [2.75, 3.05) is 26.7 Å². The van der Waals surface area contributed by atoms with Gasteiger partial charge in [-0.05, 0) is 61.8 Å². The van der Waals surface area contributed by atoms with Crippen molar-refractivity contribution in [2.45, 2.75) is 31.6 Å². The third-order valence-electron chi connectivity index (χ3n) is 4.92. The Morgan fingerprint density at radius 2 is 2.04 bits per heavy atom. The van der Waals surface area contributed by atoms with Gasteiger partial charge in [-0.2, -0.15) is 0 Å². The van der Waals surface area contributed by atoms with Gasteiger partial charge in [0.25, 0.3) is 5.91 Å². The molecule has 1 amide bonds. The summed E-state index contributed by atoms with van der Waals surface area (Å²) in [6, 6.07) is 5.07. The van der Waals surface area contributed by atoms with Gasteiger partial charge in [0.05, 0.1) is 12.8 Å². The van der Waals surface area contributed by atoms with E-state index in [4.69, 9.17) is 4.74 Å². The van der Waals surface area contributed by atoms with Crippen molar-refractivity contribution in [3.05, 3.63) is 34.3 Å². The Bertz CT molecular complexity index is 950. The number of ether oxygens (including phenoxy) is 1. The van der Waals surface area contributed by atoms with Crippen molar-refractivity contribution < 1.29 is 17.9 Å². The average molecular weight is 425 g/mol. The Balaban J connectivity index is 1.57. The van der Waals surface area contributed by atoms with Crippen LogP contribution in [0.5, 0.6) is 5.75 Å². The number of carbonyl (C=O) groups is 1. The lowest BCUT2D eigenvalue weighted by Gasteiger charge is -2.31. The maximum absolute atomic E-state index is 12.7. The average Bonchev–Trinajstić information content (AvgIpc) is 3.12. The van der Waals surface area contributed by atoms with Crippen molar-refractivity contribution >= 4 is 27.5 Å².